The van der Waals surface area contributed by atoms with E-state index in [1.54, 1.807) is 0 Å². The fourth-order valence-electron chi connectivity index (χ4n) is 2.19. The van der Waals surface area contributed by atoms with Gasteiger partial charge in [-0.2, -0.15) is 26.3 Å². The number of alkyl halides is 6. The first-order chi connectivity index (χ1) is 11.5. The maximum absolute atomic E-state index is 13.0. The average Bonchev–Trinajstić information content (AvgIpc) is 3.38. The summed E-state index contributed by atoms with van der Waals surface area (Å²) >= 11 is 0. The molecule has 12 heteroatoms. The van der Waals surface area contributed by atoms with Gasteiger partial charge in [0.25, 0.3) is 11.6 Å². The molecule has 6 nitrogen and oxygen atoms in total. The first kappa shape index (κ1) is 17.3. The van der Waals surface area contributed by atoms with Crippen molar-refractivity contribution in [2.75, 3.05) is 6.54 Å². The number of carbonyl (C=O) groups excluding carboxylic acids is 1. The van der Waals surface area contributed by atoms with Crippen LogP contribution in [0.15, 0.2) is 44.7 Å². The normalized spacial score (nSPS) is 19.6. The van der Waals surface area contributed by atoms with Crippen molar-refractivity contribution in [1.82, 2.24) is 5.32 Å². The van der Waals surface area contributed by atoms with Crippen molar-refractivity contribution in [3.8, 4) is 0 Å². The summed E-state index contributed by atoms with van der Waals surface area (Å²) < 4.78 is 76.7. The molecular weight excluding hydrogens is 356 g/mol. The van der Waals surface area contributed by atoms with E-state index in [0.717, 1.165) is 12.1 Å². The van der Waals surface area contributed by atoms with Crippen LogP contribution in [0.2, 0.25) is 0 Å². The second kappa shape index (κ2) is 5.23. The van der Waals surface area contributed by atoms with Crippen LogP contribution in [-0.2, 0) is 5.66 Å². The van der Waals surface area contributed by atoms with Gasteiger partial charge >= 0.3 is 18.0 Å². The van der Waals surface area contributed by atoms with Gasteiger partial charge in [0.15, 0.2) is 0 Å². The number of halogens is 6. The monoisotopic (exact) mass is 365 g/mol. The van der Waals surface area contributed by atoms with E-state index in [9.17, 15) is 31.1 Å². The Bertz CT molecular complexity index is 757. The number of hydrogen-bond acceptors (Lipinski definition) is 5. The SMILES string of the molecule is O=C(NCCC1(C(F)(F)F)N=N1)c1cccc(C2(C(F)(F)F)N=N2)c1. The number of hydrogen-bond donors (Lipinski definition) is 1. The minimum Gasteiger partial charge on any atom is -0.352 e. The van der Waals surface area contributed by atoms with Crippen molar-refractivity contribution in [2.45, 2.75) is 30.1 Å². The van der Waals surface area contributed by atoms with Gasteiger partial charge in [0.1, 0.15) is 0 Å². The molecule has 0 aromatic heterocycles. The molecule has 1 aromatic rings. The lowest BCUT2D eigenvalue weighted by atomic mass is 10.00. The highest BCUT2D eigenvalue weighted by molar-refractivity contribution is 5.94. The van der Waals surface area contributed by atoms with Gasteiger partial charge in [0.05, 0.1) is 0 Å². The number of nitrogens with one attached hydrogen (secondary N) is 1. The lowest BCUT2D eigenvalue weighted by Crippen LogP contribution is -2.37. The van der Waals surface area contributed by atoms with Crippen LogP contribution in [0.5, 0.6) is 0 Å². The minimum atomic E-state index is -4.74. The Hall–Kier alpha value is -2.53. The van der Waals surface area contributed by atoms with Crippen molar-refractivity contribution in [1.29, 1.82) is 0 Å². The predicted molar refractivity (Wildman–Crippen MR) is 69.6 cm³/mol. The maximum Gasteiger partial charge on any atom is 0.442 e. The van der Waals surface area contributed by atoms with Crippen molar-refractivity contribution in [3.63, 3.8) is 0 Å². The van der Waals surface area contributed by atoms with E-state index in [2.05, 4.69) is 25.8 Å². The molecule has 3 rings (SSSR count). The zero-order valence-electron chi connectivity index (χ0n) is 12.2. The van der Waals surface area contributed by atoms with E-state index < -0.39 is 42.6 Å². The number of benzene rings is 1. The quantitative estimate of drug-likeness (QED) is 0.794. The molecule has 0 saturated heterocycles. The van der Waals surface area contributed by atoms with E-state index in [4.69, 9.17) is 0 Å². The summed E-state index contributed by atoms with van der Waals surface area (Å²) in [6.07, 6.45) is -9.97. The highest BCUT2D eigenvalue weighted by Crippen LogP contribution is 2.52. The topological polar surface area (TPSA) is 78.5 Å². The third-order valence-electron chi connectivity index (χ3n) is 3.78. The summed E-state index contributed by atoms with van der Waals surface area (Å²) in [5, 5.41) is 14.2. The van der Waals surface area contributed by atoms with E-state index in [-0.39, 0.29) is 11.1 Å². The number of carbonyl (C=O) groups is 1. The smallest absolute Gasteiger partial charge is 0.352 e. The van der Waals surface area contributed by atoms with E-state index in [1.807, 2.05) is 0 Å². The largest absolute Gasteiger partial charge is 0.442 e. The average molecular weight is 365 g/mol. The van der Waals surface area contributed by atoms with Gasteiger partial charge in [-0.1, -0.05) is 12.1 Å². The second-order valence-corrected chi connectivity index (χ2v) is 5.47. The predicted octanol–water partition coefficient (Wildman–Crippen LogP) is 3.71. The van der Waals surface area contributed by atoms with E-state index >= 15 is 0 Å². The molecule has 25 heavy (non-hydrogen) atoms. The fraction of sp³-hybridized carbons (Fsp3) is 0.462. The van der Waals surface area contributed by atoms with Crippen molar-refractivity contribution in [2.24, 2.45) is 20.5 Å². The molecule has 134 valence electrons. The molecule has 0 fully saturated rings. The minimum absolute atomic E-state index is 0.149. The van der Waals surface area contributed by atoms with E-state index in [1.165, 1.54) is 12.1 Å². The molecule has 0 saturated carbocycles. The number of amides is 1. The summed E-state index contributed by atoms with van der Waals surface area (Å²) in [5.74, 6) is -0.821. The first-order valence-corrected chi connectivity index (χ1v) is 6.91. The van der Waals surface area contributed by atoms with Gasteiger partial charge in [-0.25, -0.2) is 0 Å². The Balaban J connectivity index is 1.63. The van der Waals surface area contributed by atoms with Crippen LogP contribution in [0, 0.1) is 0 Å². The van der Waals surface area contributed by atoms with Gasteiger partial charge < -0.3 is 5.32 Å². The molecule has 2 aliphatic rings. The third-order valence-corrected chi connectivity index (χ3v) is 3.78. The maximum atomic E-state index is 13.0. The molecule has 2 heterocycles. The van der Waals surface area contributed by atoms with Crippen LogP contribution in [0.3, 0.4) is 0 Å². The highest BCUT2D eigenvalue weighted by atomic mass is 19.4. The summed E-state index contributed by atoms with van der Waals surface area (Å²) in [6.45, 7) is -0.394. The Kier molecular flexibility index (Phi) is 3.62. The Morgan fingerprint density at radius 1 is 1.00 bits per heavy atom. The van der Waals surface area contributed by atoms with Crippen molar-refractivity contribution >= 4 is 5.91 Å². The molecule has 0 radical (unpaired) electrons. The molecule has 0 aliphatic carbocycles. The molecule has 2 aliphatic heterocycles. The molecule has 1 aromatic carbocycles. The summed E-state index contributed by atoms with van der Waals surface area (Å²) in [5.41, 5.74) is -5.65. The molecule has 1 N–H and O–H groups in total. The summed E-state index contributed by atoms with van der Waals surface area (Å²) in [4.78, 5) is 12.0. The Labute approximate surface area is 136 Å². The molecule has 0 bridgehead atoms. The fourth-order valence-corrected chi connectivity index (χ4v) is 2.19. The zero-order chi connectivity index (χ0) is 18.5. The lowest BCUT2D eigenvalue weighted by Gasteiger charge is -2.16. The van der Waals surface area contributed by atoms with Crippen LogP contribution < -0.4 is 5.32 Å². The molecule has 0 unspecified atom stereocenters. The third kappa shape index (κ3) is 2.96. The van der Waals surface area contributed by atoms with E-state index in [0.29, 0.717) is 0 Å². The Morgan fingerprint density at radius 2 is 1.64 bits per heavy atom. The van der Waals surface area contributed by atoms with Crippen LogP contribution in [0.1, 0.15) is 22.3 Å². The molecule has 1 amide bonds. The Morgan fingerprint density at radius 3 is 2.12 bits per heavy atom. The van der Waals surface area contributed by atoms with Crippen LogP contribution >= 0.6 is 0 Å². The van der Waals surface area contributed by atoms with Gasteiger partial charge in [-0.15, -0.1) is 20.5 Å². The second-order valence-electron chi connectivity index (χ2n) is 5.47. The van der Waals surface area contributed by atoms with Crippen LogP contribution in [-0.4, -0.2) is 30.5 Å². The summed E-state index contributed by atoms with van der Waals surface area (Å²) in [7, 11) is 0. The molecular formula is C13H9F6N5O. The van der Waals surface area contributed by atoms with Crippen LogP contribution in [0.25, 0.3) is 0 Å². The van der Waals surface area contributed by atoms with Crippen molar-refractivity contribution in [3.05, 3.63) is 35.4 Å². The standard InChI is InChI=1S/C13H9F6N5O/c14-12(15,16)10(21-22-10)4-5-20-9(25)7-2-1-3-8(6-7)11(23-24-11)13(17,18)19/h1-3,6H,4-5H2,(H,20,25). The van der Waals surface area contributed by atoms with Crippen molar-refractivity contribution < 1.29 is 31.1 Å². The van der Waals surface area contributed by atoms with Gasteiger partial charge in [-0.05, 0) is 12.1 Å². The summed E-state index contributed by atoms with van der Waals surface area (Å²) in [6, 6.07) is 4.51. The highest BCUT2D eigenvalue weighted by Gasteiger charge is 2.65. The number of nitrogens with zero attached hydrogens (tertiary/aromatic N) is 4. The van der Waals surface area contributed by atoms with Gasteiger partial charge in [-0.3, -0.25) is 4.79 Å². The zero-order valence-corrected chi connectivity index (χ0v) is 12.2. The lowest BCUT2D eigenvalue weighted by molar-refractivity contribution is -0.166. The molecule has 0 atom stereocenters. The number of rotatable bonds is 5. The van der Waals surface area contributed by atoms with Gasteiger partial charge in [0, 0.05) is 24.1 Å². The van der Waals surface area contributed by atoms with Gasteiger partial charge in [0.2, 0.25) is 0 Å². The molecule has 0 spiro atoms. The first-order valence-electron chi connectivity index (χ1n) is 6.91. The van der Waals surface area contributed by atoms with Crippen LogP contribution in [0.4, 0.5) is 26.3 Å².